The molecule has 14 nitrogen and oxygen atoms in total. The number of aliphatic hydroxyl groups excluding tert-OH is 2. The first-order valence-electron chi connectivity index (χ1n) is 15.0. The summed E-state index contributed by atoms with van der Waals surface area (Å²) in [6.45, 7) is 2.02. The summed E-state index contributed by atoms with van der Waals surface area (Å²) in [5.41, 5.74) is 14.6. The van der Waals surface area contributed by atoms with Crippen LogP contribution in [0.1, 0.15) is 22.3 Å². The van der Waals surface area contributed by atoms with E-state index in [0.29, 0.717) is 87.8 Å². The van der Waals surface area contributed by atoms with Crippen LogP contribution in [0, 0.1) is 50.0 Å². The number of thioether (sulfide) groups is 1. The standard InChI is InChI=1S/C17H14N4O3S.C15H10N4O2S.C2H5BrO/c18-8-11-15(10-1-2-13-14(7-10)24-5-4-23-13)12(9-19)17(21-16(11)20)25-6-3-22;16-6-9-13(10(7-17)15(22)19-14(9)18)8-1-2-11-12(5-8)21-4-3-20-11;3-1-2-4/h1-2,7,22H,3-6H2,(H2,20,21);1-2,5H,3-4H2,(H3,18,19,22);4H,1-2H2. The molecule has 0 saturated carbocycles. The Labute approximate surface area is 310 Å². The summed E-state index contributed by atoms with van der Waals surface area (Å²) in [7, 11) is 0. The van der Waals surface area contributed by atoms with E-state index in [0.717, 1.165) is 0 Å². The maximum Gasteiger partial charge on any atom is 0.161 e. The zero-order valence-corrected chi connectivity index (χ0v) is 30.0. The molecule has 51 heavy (non-hydrogen) atoms. The Bertz CT molecular complexity index is 2150. The number of halogens is 1. The van der Waals surface area contributed by atoms with Crippen molar-refractivity contribution in [3.05, 3.63) is 63.3 Å². The Morgan fingerprint density at radius 3 is 1.67 bits per heavy atom. The lowest BCUT2D eigenvalue weighted by Crippen LogP contribution is -2.15. The highest BCUT2D eigenvalue weighted by Gasteiger charge is 2.23. The van der Waals surface area contributed by atoms with Gasteiger partial charge < -0.3 is 45.6 Å². The van der Waals surface area contributed by atoms with E-state index in [-0.39, 0.29) is 51.7 Å². The van der Waals surface area contributed by atoms with Gasteiger partial charge in [0.2, 0.25) is 0 Å². The van der Waals surface area contributed by atoms with E-state index in [1.54, 1.807) is 36.4 Å². The average molecular weight is 790 g/mol. The fourth-order valence-electron chi connectivity index (χ4n) is 4.86. The van der Waals surface area contributed by atoms with Gasteiger partial charge in [0.1, 0.15) is 83.1 Å². The largest absolute Gasteiger partial charge is 0.486 e. The van der Waals surface area contributed by atoms with E-state index in [1.807, 2.05) is 18.2 Å². The van der Waals surface area contributed by atoms with Crippen LogP contribution in [0.15, 0.2) is 41.4 Å². The first-order valence-corrected chi connectivity index (χ1v) is 17.5. The first-order chi connectivity index (χ1) is 24.8. The van der Waals surface area contributed by atoms with Gasteiger partial charge in [-0.2, -0.15) is 21.0 Å². The van der Waals surface area contributed by atoms with Crippen LogP contribution < -0.4 is 30.4 Å². The van der Waals surface area contributed by atoms with Gasteiger partial charge in [0.15, 0.2) is 23.0 Å². The number of hydrogen-bond acceptors (Lipinski definition) is 15. The van der Waals surface area contributed by atoms with Gasteiger partial charge in [-0.1, -0.05) is 40.3 Å². The average Bonchev–Trinajstić information content (AvgIpc) is 3.16. The van der Waals surface area contributed by atoms with Crippen LogP contribution in [0.3, 0.4) is 0 Å². The van der Waals surface area contributed by atoms with Crippen molar-refractivity contribution in [2.75, 3.05) is 62.2 Å². The highest BCUT2D eigenvalue weighted by atomic mass is 79.9. The summed E-state index contributed by atoms with van der Waals surface area (Å²) in [6.07, 6.45) is 0. The van der Waals surface area contributed by atoms with E-state index in [1.165, 1.54) is 11.8 Å². The fourth-order valence-corrected chi connectivity index (χ4v) is 5.86. The minimum Gasteiger partial charge on any atom is -0.486 e. The van der Waals surface area contributed by atoms with Crippen molar-refractivity contribution in [3.63, 3.8) is 0 Å². The van der Waals surface area contributed by atoms with E-state index in [4.69, 9.17) is 52.8 Å². The second-order valence-corrected chi connectivity index (χ2v) is 12.4. The lowest BCUT2D eigenvalue weighted by atomic mass is 9.96. The first kappa shape index (κ1) is 38.3. The number of nitriles is 4. The monoisotopic (exact) mass is 788 g/mol. The van der Waals surface area contributed by atoms with Crippen LogP contribution >= 0.6 is 39.9 Å². The minimum absolute atomic E-state index is 0.0480. The topological polar surface area (TPSA) is 253 Å². The summed E-state index contributed by atoms with van der Waals surface area (Å²) in [4.78, 5) is 6.83. The molecule has 260 valence electrons. The molecule has 7 N–H and O–H groups in total. The van der Waals surface area contributed by atoms with E-state index in [9.17, 15) is 21.0 Å². The lowest BCUT2D eigenvalue weighted by Gasteiger charge is -2.20. The van der Waals surface area contributed by atoms with Crippen molar-refractivity contribution in [3.8, 4) is 69.5 Å². The van der Waals surface area contributed by atoms with Gasteiger partial charge in [0, 0.05) is 22.2 Å². The number of ether oxygens (including phenoxy) is 4. The number of aromatic amines is 1. The Hall–Kier alpha value is -5.53. The van der Waals surface area contributed by atoms with Crippen molar-refractivity contribution in [2.45, 2.75) is 5.03 Å². The number of aliphatic hydroxyl groups is 2. The third kappa shape index (κ3) is 8.80. The van der Waals surface area contributed by atoms with Gasteiger partial charge in [-0.25, -0.2) is 4.98 Å². The van der Waals surface area contributed by atoms with Gasteiger partial charge in [-0.15, -0.1) is 11.8 Å². The van der Waals surface area contributed by atoms with Gasteiger partial charge in [-0.05, 0) is 35.4 Å². The summed E-state index contributed by atoms with van der Waals surface area (Å²) >= 11 is 9.34. The van der Waals surface area contributed by atoms with E-state index >= 15 is 0 Å². The van der Waals surface area contributed by atoms with Gasteiger partial charge in [0.25, 0.3) is 0 Å². The zero-order chi connectivity index (χ0) is 36.9. The molecule has 4 heterocycles. The Balaban J connectivity index is 0.000000208. The van der Waals surface area contributed by atoms with Crippen LogP contribution in [-0.2, 0) is 0 Å². The van der Waals surface area contributed by atoms with Crippen molar-refractivity contribution >= 4 is 51.5 Å². The molecule has 0 atom stereocenters. The van der Waals surface area contributed by atoms with Crippen LogP contribution in [0.5, 0.6) is 23.0 Å². The zero-order valence-electron chi connectivity index (χ0n) is 26.7. The van der Waals surface area contributed by atoms with Crippen molar-refractivity contribution in [1.82, 2.24) is 9.97 Å². The summed E-state index contributed by atoms with van der Waals surface area (Å²) in [5.74, 6) is 2.91. The fraction of sp³-hybridized carbons (Fsp3) is 0.235. The number of benzene rings is 2. The molecule has 2 aromatic heterocycles. The third-order valence-electron chi connectivity index (χ3n) is 6.96. The number of H-pyrrole nitrogens is 1. The number of alkyl halides is 1. The summed E-state index contributed by atoms with van der Waals surface area (Å²) in [6, 6.07) is 18.6. The number of pyridine rings is 2. The number of fused-ring (bicyclic) bond motifs is 2. The number of nitrogen functional groups attached to an aromatic ring is 2. The third-order valence-corrected chi connectivity index (χ3v) is 8.58. The number of hydrogen-bond donors (Lipinski definition) is 5. The Kier molecular flexibility index (Phi) is 13.9. The SMILES string of the molecule is N#Cc1c(N)[nH]c(=S)c(C#N)c1-c1ccc2c(c1)OCCO2.N#Cc1c(N)nc(SCCO)c(C#N)c1-c1ccc2c(c1)OCCO2.OCCBr. The summed E-state index contributed by atoms with van der Waals surface area (Å²) < 4.78 is 22.3. The minimum atomic E-state index is -0.0590. The smallest absolute Gasteiger partial charge is 0.161 e. The number of nitrogens with one attached hydrogen (secondary N) is 1. The van der Waals surface area contributed by atoms with Crippen molar-refractivity contribution in [2.24, 2.45) is 0 Å². The van der Waals surface area contributed by atoms with Crippen LogP contribution in [-0.4, -0.2) is 70.9 Å². The highest BCUT2D eigenvalue weighted by Crippen LogP contribution is 2.40. The Morgan fingerprint density at radius 2 is 1.22 bits per heavy atom. The van der Waals surface area contributed by atoms with Crippen molar-refractivity contribution < 1.29 is 29.2 Å². The molecule has 0 saturated heterocycles. The molecule has 0 aliphatic carbocycles. The molecule has 4 aromatic rings. The molecule has 6 rings (SSSR count). The molecule has 2 aliphatic heterocycles. The second-order valence-electron chi connectivity index (χ2n) is 10.1. The molecule has 0 spiro atoms. The molecule has 2 aliphatic rings. The molecule has 2 aromatic carbocycles. The lowest BCUT2D eigenvalue weighted by molar-refractivity contribution is 0.171. The highest BCUT2D eigenvalue weighted by molar-refractivity contribution is 9.09. The predicted molar refractivity (Wildman–Crippen MR) is 195 cm³/mol. The molecule has 0 fully saturated rings. The van der Waals surface area contributed by atoms with Crippen LogP contribution in [0.25, 0.3) is 22.3 Å². The van der Waals surface area contributed by atoms with E-state index in [2.05, 4.69) is 32.0 Å². The molecule has 17 heteroatoms. The van der Waals surface area contributed by atoms with Crippen LogP contribution in [0.4, 0.5) is 11.6 Å². The molecule has 0 amide bonds. The number of anilines is 2. The number of nitrogens with zero attached hydrogens (tertiary/aromatic N) is 5. The molecular formula is C34H29BrN8O6S2. The quantitative estimate of drug-likeness (QED) is 0.0998. The van der Waals surface area contributed by atoms with Crippen LogP contribution in [0.2, 0.25) is 0 Å². The normalized spacial score (nSPS) is 11.9. The second kappa shape index (κ2) is 18.5. The molecular weight excluding hydrogens is 760 g/mol. The predicted octanol–water partition coefficient (Wildman–Crippen LogP) is 4.81. The molecule has 0 unspecified atom stereocenters. The van der Waals surface area contributed by atoms with Gasteiger partial charge in [-0.3, -0.25) is 0 Å². The maximum absolute atomic E-state index is 9.64. The number of aromatic nitrogens is 2. The maximum atomic E-state index is 9.64. The summed E-state index contributed by atoms with van der Waals surface area (Å²) in [5, 5.41) is 55.8. The van der Waals surface area contributed by atoms with Crippen molar-refractivity contribution in [1.29, 1.82) is 21.0 Å². The number of rotatable bonds is 6. The molecule has 0 bridgehead atoms. The van der Waals surface area contributed by atoms with E-state index < -0.39 is 0 Å². The molecule has 0 radical (unpaired) electrons. The Morgan fingerprint density at radius 1 is 0.745 bits per heavy atom. The van der Waals surface area contributed by atoms with Gasteiger partial charge in [0.05, 0.1) is 24.3 Å². The number of nitrogens with two attached hydrogens (primary N) is 2. The van der Waals surface area contributed by atoms with Gasteiger partial charge >= 0.3 is 0 Å².